The van der Waals surface area contributed by atoms with Gasteiger partial charge in [0.05, 0.1) is 7.11 Å². The van der Waals surface area contributed by atoms with Gasteiger partial charge < -0.3 is 4.74 Å². The zero-order valence-corrected chi connectivity index (χ0v) is 7.86. The molecule has 1 aliphatic carbocycles. The smallest absolute Gasteiger partial charge is 0.122 e. The molecule has 1 aliphatic rings. The predicted molar refractivity (Wildman–Crippen MR) is 54.0 cm³/mol. The Bertz CT molecular complexity index is 317. The first-order valence-corrected chi connectivity index (χ1v) is 4.62. The molecule has 0 saturated heterocycles. The van der Waals surface area contributed by atoms with Crippen molar-refractivity contribution >= 4 is 0 Å². The number of hydrogen-bond donors (Lipinski definition) is 0. The van der Waals surface area contributed by atoms with Crippen LogP contribution in [0.1, 0.15) is 17.9 Å². The second kappa shape index (κ2) is 3.25. The first-order valence-electron chi connectivity index (χ1n) is 4.62. The van der Waals surface area contributed by atoms with Crippen LogP contribution in [0, 0.1) is 5.92 Å². The molecular formula is C12H14O. The van der Waals surface area contributed by atoms with E-state index in [-0.39, 0.29) is 0 Å². The fraction of sp³-hybridized carbons (Fsp3) is 0.333. The minimum absolute atomic E-state index is 0.647. The SMILES string of the molecule is C=CC1CC1c1ccccc1OC. The lowest BCUT2D eigenvalue weighted by atomic mass is 10.1. The summed E-state index contributed by atoms with van der Waals surface area (Å²) in [6.45, 7) is 3.81. The molecule has 1 heteroatoms. The fourth-order valence-corrected chi connectivity index (χ4v) is 1.81. The number of benzene rings is 1. The van der Waals surface area contributed by atoms with Crippen LogP contribution in [-0.2, 0) is 0 Å². The Kier molecular flexibility index (Phi) is 2.09. The first kappa shape index (κ1) is 8.36. The highest BCUT2D eigenvalue weighted by molar-refractivity contribution is 5.40. The van der Waals surface area contributed by atoms with E-state index in [2.05, 4.69) is 18.7 Å². The minimum atomic E-state index is 0.647. The molecule has 1 nitrogen and oxygen atoms in total. The fourth-order valence-electron chi connectivity index (χ4n) is 1.81. The van der Waals surface area contributed by atoms with Crippen LogP contribution < -0.4 is 4.74 Å². The summed E-state index contributed by atoms with van der Waals surface area (Å²) in [5.41, 5.74) is 1.33. The van der Waals surface area contributed by atoms with E-state index >= 15 is 0 Å². The summed E-state index contributed by atoms with van der Waals surface area (Å²) in [6.07, 6.45) is 3.26. The highest BCUT2D eigenvalue weighted by Crippen LogP contribution is 2.50. The Morgan fingerprint density at radius 3 is 2.85 bits per heavy atom. The molecule has 1 saturated carbocycles. The van der Waals surface area contributed by atoms with Crippen molar-refractivity contribution in [3.05, 3.63) is 42.5 Å². The summed E-state index contributed by atoms with van der Waals surface area (Å²) in [5.74, 6) is 2.32. The summed E-state index contributed by atoms with van der Waals surface area (Å²) in [5, 5.41) is 0. The van der Waals surface area contributed by atoms with Gasteiger partial charge in [-0.1, -0.05) is 24.3 Å². The molecule has 0 aromatic heterocycles. The van der Waals surface area contributed by atoms with Crippen molar-refractivity contribution in [1.82, 2.24) is 0 Å². The van der Waals surface area contributed by atoms with E-state index in [1.165, 1.54) is 12.0 Å². The molecule has 0 radical (unpaired) electrons. The number of methoxy groups -OCH3 is 1. The molecule has 1 fully saturated rings. The predicted octanol–water partition coefficient (Wildman–Crippen LogP) is 2.98. The second-order valence-electron chi connectivity index (χ2n) is 3.48. The van der Waals surface area contributed by atoms with Crippen molar-refractivity contribution in [2.24, 2.45) is 5.92 Å². The summed E-state index contributed by atoms with van der Waals surface area (Å²) in [6, 6.07) is 8.24. The summed E-state index contributed by atoms with van der Waals surface area (Å²) in [7, 11) is 1.73. The molecule has 0 aliphatic heterocycles. The van der Waals surface area contributed by atoms with Gasteiger partial charge in [-0.05, 0) is 29.9 Å². The van der Waals surface area contributed by atoms with Crippen LogP contribution in [0.3, 0.4) is 0 Å². The van der Waals surface area contributed by atoms with Crippen LogP contribution >= 0.6 is 0 Å². The van der Waals surface area contributed by atoms with Crippen molar-refractivity contribution in [2.75, 3.05) is 7.11 Å². The van der Waals surface area contributed by atoms with E-state index in [4.69, 9.17) is 4.74 Å². The van der Waals surface area contributed by atoms with Gasteiger partial charge in [0.25, 0.3) is 0 Å². The average Bonchev–Trinajstić information content (AvgIpc) is 2.96. The van der Waals surface area contributed by atoms with Gasteiger partial charge in [0.1, 0.15) is 5.75 Å². The van der Waals surface area contributed by atoms with Gasteiger partial charge >= 0.3 is 0 Å². The van der Waals surface area contributed by atoms with Crippen molar-refractivity contribution < 1.29 is 4.74 Å². The molecule has 68 valence electrons. The van der Waals surface area contributed by atoms with Crippen LogP contribution in [0.2, 0.25) is 0 Å². The molecule has 1 aromatic rings. The van der Waals surface area contributed by atoms with Crippen LogP contribution in [-0.4, -0.2) is 7.11 Å². The zero-order chi connectivity index (χ0) is 9.26. The van der Waals surface area contributed by atoms with Crippen molar-refractivity contribution in [1.29, 1.82) is 0 Å². The zero-order valence-electron chi connectivity index (χ0n) is 7.86. The van der Waals surface area contributed by atoms with E-state index in [0.29, 0.717) is 11.8 Å². The Hall–Kier alpha value is -1.24. The van der Waals surface area contributed by atoms with Crippen molar-refractivity contribution in [3.63, 3.8) is 0 Å². The maximum atomic E-state index is 5.31. The summed E-state index contributed by atoms with van der Waals surface area (Å²) < 4.78 is 5.31. The van der Waals surface area contributed by atoms with Gasteiger partial charge in [0.15, 0.2) is 0 Å². The maximum Gasteiger partial charge on any atom is 0.122 e. The van der Waals surface area contributed by atoms with E-state index in [0.717, 1.165) is 5.75 Å². The number of hydrogen-bond acceptors (Lipinski definition) is 1. The Morgan fingerprint density at radius 2 is 2.23 bits per heavy atom. The lowest BCUT2D eigenvalue weighted by Crippen LogP contribution is -1.89. The van der Waals surface area contributed by atoms with Crippen molar-refractivity contribution in [3.8, 4) is 5.75 Å². The summed E-state index contributed by atoms with van der Waals surface area (Å²) in [4.78, 5) is 0. The maximum absolute atomic E-state index is 5.31. The molecule has 0 spiro atoms. The molecular weight excluding hydrogens is 160 g/mol. The topological polar surface area (TPSA) is 9.23 Å². The van der Waals surface area contributed by atoms with E-state index in [9.17, 15) is 0 Å². The largest absolute Gasteiger partial charge is 0.496 e. The normalized spacial score (nSPS) is 25.3. The Balaban J connectivity index is 2.25. The van der Waals surface area contributed by atoms with Crippen LogP contribution in [0.15, 0.2) is 36.9 Å². The molecule has 1 aromatic carbocycles. The van der Waals surface area contributed by atoms with Crippen LogP contribution in [0.25, 0.3) is 0 Å². The molecule has 0 N–H and O–H groups in total. The third-order valence-electron chi connectivity index (χ3n) is 2.68. The van der Waals surface area contributed by atoms with Gasteiger partial charge in [-0.25, -0.2) is 0 Å². The monoisotopic (exact) mass is 174 g/mol. The number of allylic oxidation sites excluding steroid dienone is 1. The molecule has 0 amide bonds. The highest BCUT2D eigenvalue weighted by Gasteiger charge is 2.37. The van der Waals surface area contributed by atoms with E-state index in [1.807, 2.05) is 18.2 Å². The van der Waals surface area contributed by atoms with E-state index < -0.39 is 0 Å². The number of rotatable bonds is 3. The molecule has 0 bridgehead atoms. The lowest BCUT2D eigenvalue weighted by Gasteiger charge is -2.06. The average molecular weight is 174 g/mol. The lowest BCUT2D eigenvalue weighted by molar-refractivity contribution is 0.409. The van der Waals surface area contributed by atoms with Gasteiger partial charge in [-0.15, -0.1) is 6.58 Å². The Morgan fingerprint density at radius 1 is 1.46 bits per heavy atom. The minimum Gasteiger partial charge on any atom is -0.496 e. The number of para-hydroxylation sites is 1. The second-order valence-corrected chi connectivity index (χ2v) is 3.48. The van der Waals surface area contributed by atoms with Gasteiger partial charge in [0, 0.05) is 0 Å². The molecule has 2 atom stereocenters. The van der Waals surface area contributed by atoms with Gasteiger partial charge in [0.2, 0.25) is 0 Å². The molecule has 2 unspecified atom stereocenters. The van der Waals surface area contributed by atoms with Gasteiger partial charge in [-0.3, -0.25) is 0 Å². The quantitative estimate of drug-likeness (QED) is 0.640. The summed E-state index contributed by atoms with van der Waals surface area (Å²) >= 11 is 0. The van der Waals surface area contributed by atoms with Crippen LogP contribution in [0.5, 0.6) is 5.75 Å². The van der Waals surface area contributed by atoms with Gasteiger partial charge in [-0.2, -0.15) is 0 Å². The third kappa shape index (κ3) is 1.46. The first-order chi connectivity index (χ1) is 6.36. The molecule has 0 heterocycles. The van der Waals surface area contributed by atoms with Crippen molar-refractivity contribution in [2.45, 2.75) is 12.3 Å². The highest BCUT2D eigenvalue weighted by atomic mass is 16.5. The number of ether oxygens (including phenoxy) is 1. The molecule has 13 heavy (non-hydrogen) atoms. The molecule has 2 rings (SSSR count). The van der Waals surface area contributed by atoms with Crippen LogP contribution in [0.4, 0.5) is 0 Å². The Labute approximate surface area is 79.0 Å². The van der Waals surface area contributed by atoms with E-state index in [1.54, 1.807) is 7.11 Å². The third-order valence-corrected chi connectivity index (χ3v) is 2.68. The standard InChI is InChI=1S/C12H14O/c1-3-9-8-11(9)10-6-4-5-7-12(10)13-2/h3-7,9,11H,1,8H2,2H3.